The van der Waals surface area contributed by atoms with E-state index in [1.54, 1.807) is 24.3 Å². The summed E-state index contributed by atoms with van der Waals surface area (Å²) in [5.41, 5.74) is 2.39. The second kappa shape index (κ2) is 4.70. The van der Waals surface area contributed by atoms with E-state index < -0.39 is 10.0 Å². The van der Waals surface area contributed by atoms with Crippen molar-refractivity contribution in [2.45, 2.75) is 4.90 Å². The first-order chi connectivity index (χ1) is 9.55. The number of hydrogen-bond acceptors (Lipinski definition) is 3. The van der Waals surface area contributed by atoms with E-state index in [4.69, 9.17) is 5.14 Å². The van der Waals surface area contributed by atoms with Gasteiger partial charge in [0.05, 0.1) is 16.1 Å². The molecule has 2 N–H and O–H groups in total. The number of nitrogens with zero attached hydrogens (tertiary/aromatic N) is 1. The minimum atomic E-state index is -3.75. The van der Waals surface area contributed by atoms with Gasteiger partial charge in [0.1, 0.15) is 0 Å². The lowest BCUT2D eigenvalue weighted by atomic mass is 10.1. The van der Waals surface area contributed by atoms with Crippen molar-refractivity contribution in [2.24, 2.45) is 5.14 Å². The van der Waals surface area contributed by atoms with Gasteiger partial charge in [-0.15, -0.1) is 0 Å². The maximum Gasteiger partial charge on any atom is 0.238 e. The molecule has 0 radical (unpaired) electrons. The van der Waals surface area contributed by atoms with Gasteiger partial charge in [-0.3, -0.25) is 0 Å². The lowest BCUT2D eigenvalue weighted by molar-refractivity contribution is 0.598. The fourth-order valence-electron chi connectivity index (χ4n) is 2.14. The lowest BCUT2D eigenvalue weighted by Gasteiger charge is -2.06. The molecule has 0 aliphatic rings. The molecule has 0 atom stereocenters. The Bertz CT molecular complexity index is 875. The molecule has 1 aromatic heterocycles. The maximum absolute atomic E-state index is 11.6. The molecule has 0 bridgehead atoms. The number of fused-ring (bicyclic) bond motifs is 1. The molecular weight excluding hydrogens is 272 g/mol. The summed E-state index contributed by atoms with van der Waals surface area (Å²) in [6, 6.07) is 18.2. The fraction of sp³-hybridized carbons (Fsp3) is 0. The number of aromatic nitrogens is 1. The molecule has 0 unspecified atom stereocenters. The number of rotatable bonds is 2. The van der Waals surface area contributed by atoms with Crippen LogP contribution < -0.4 is 5.14 Å². The molecule has 5 heteroatoms. The molecule has 0 aliphatic heterocycles. The highest BCUT2D eigenvalue weighted by Gasteiger charge is 2.13. The Morgan fingerprint density at radius 1 is 0.850 bits per heavy atom. The van der Waals surface area contributed by atoms with E-state index >= 15 is 0 Å². The van der Waals surface area contributed by atoms with E-state index in [9.17, 15) is 8.42 Å². The molecule has 0 spiro atoms. The second-order valence-electron chi connectivity index (χ2n) is 4.43. The van der Waals surface area contributed by atoms with E-state index in [0.717, 1.165) is 11.3 Å². The molecule has 2 aromatic carbocycles. The third kappa shape index (κ3) is 2.29. The largest absolute Gasteiger partial charge is 0.248 e. The van der Waals surface area contributed by atoms with Crippen molar-refractivity contribution in [2.75, 3.05) is 0 Å². The van der Waals surface area contributed by atoms with Crippen LogP contribution >= 0.6 is 0 Å². The number of benzene rings is 2. The highest BCUT2D eigenvalue weighted by atomic mass is 32.2. The molecule has 0 saturated carbocycles. The highest BCUT2D eigenvalue weighted by Crippen LogP contribution is 2.24. The van der Waals surface area contributed by atoms with Gasteiger partial charge in [-0.05, 0) is 24.3 Å². The van der Waals surface area contributed by atoms with Gasteiger partial charge in [0.2, 0.25) is 10.0 Å². The number of hydrogen-bond donors (Lipinski definition) is 1. The van der Waals surface area contributed by atoms with Crippen molar-refractivity contribution in [3.05, 3.63) is 60.7 Å². The zero-order valence-corrected chi connectivity index (χ0v) is 11.3. The third-order valence-electron chi connectivity index (χ3n) is 3.07. The smallest absolute Gasteiger partial charge is 0.238 e. The van der Waals surface area contributed by atoms with E-state index in [1.165, 1.54) is 6.07 Å². The minimum absolute atomic E-state index is 0.0992. The number of sulfonamides is 1. The lowest BCUT2D eigenvalue weighted by Crippen LogP contribution is -2.12. The topological polar surface area (TPSA) is 73.1 Å². The van der Waals surface area contributed by atoms with Gasteiger partial charge in [0.15, 0.2) is 0 Å². The third-order valence-corrected chi connectivity index (χ3v) is 4.04. The summed E-state index contributed by atoms with van der Waals surface area (Å²) in [4.78, 5) is 4.60. The van der Waals surface area contributed by atoms with E-state index in [-0.39, 0.29) is 4.90 Å². The first kappa shape index (κ1) is 12.8. The number of primary sulfonamides is 1. The molecule has 0 fully saturated rings. The first-order valence-electron chi connectivity index (χ1n) is 6.04. The van der Waals surface area contributed by atoms with Crippen LogP contribution in [0.3, 0.4) is 0 Å². The van der Waals surface area contributed by atoms with Crippen LogP contribution in [0.2, 0.25) is 0 Å². The Balaban J connectivity index is 2.24. The van der Waals surface area contributed by atoms with Crippen LogP contribution in [0.1, 0.15) is 0 Å². The predicted octanol–water partition coefficient (Wildman–Crippen LogP) is 2.55. The molecular formula is C15H12N2O2S. The Hall–Kier alpha value is -2.24. The van der Waals surface area contributed by atoms with Crippen molar-refractivity contribution >= 4 is 20.9 Å². The predicted molar refractivity (Wildman–Crippen MR) is 78.6 cm³/mol. The molecule has 0 amide bonds. The van der Waals surface area contributed by atoms with Crippen molar-refractivity contribution in [3.63, 3.8) is 0 Å². The minimum Gasteiger partial charge on any atom is -0.248 e. The van der Waals surface area contributed by atoms with Crippen LogP contribution in [0.4, 0.5) is 0 Å². The fourth-order valence-corrected chi connectivity index (χ4v) is 2.89. The Morgan fingerprint density at radius 2 is 1.60 bits per heavy atom. The summed E-state index contributed by atoms with van der Waals surface area (Å²) in [5, 5.41) is 5.75. The first-order valence-corrected chi connectivity index (χ1v) is 7.58. The number of pyridine rings is 1. The zero-order chi connectivity index (χ0) is 14.2. The van der Waals surface area contributed by atoms with E-state index in [0.29, 0.717) is 10.9 Å². The summed E-state index contributed by atoms with van der Waals surface area (Å²) in [7, 11) is -3.75. The quantitative estimate of drug-likeness (QED) is 0.786. The monoisotopic (exact) mass is 284 g/mol. The zero-order valence-electron chi connectivity index (χ0n) is 10.5. The summed E-state index contributed by atoms with van der Waals surface area (Å²) in [6.45, 7) is 0. The van der Waals surface area contributed by atoms with Crippen LogP contribution in [0, 0.1) is 0 Å². The average molecular weight is 284 g/mol. The standard InChI is InChI=1S/C15H12N2O2S/c16-20(18,19)15-8-4-7-14-12(15)9-10-13(17-14)11-5-2-1-3-6-11/h1-10H,(H2,16,18,19). The van der Waals surface area contributed by atoms with E-state index in [2.05, 4.69) is 4.98 Å². The number of nitrogens with two attached hydrogens (primary N) is 1. The molecule has 4 nitrogen and oxygen atoms in total. The molecule has 100 valence electrons. The summed E-state index contributed by atoms with van der Waals surface area (Å²) >= 11 is 0. The van der Waals surface area contributed by atoms with Gasteiger partial charge in [0.25, 0.3) is 0 Å². The van der Waals surface area contributed by atoms with Gasteiger partial charge >= 0.3 is 0 Å². The van der Waals surface area contributed by atoms with Crippen molar-refractivity contribution in [3.8, 4) is 11.3 Å². The van der Waals surface area contributed by atoms with Crippen molar-refractivity contribution < 1.29 is 8.42 Å². The Kier molecular flexibility index (Phi) is 3.00. The molecule has 0 aliphatic carbocycles. The Labute approximate surface area is 116 Å². The SMILES string of the molecule is NS(=O)(=O)c1cccc2nc(-c3ccccc3)ccc12. The van der Waals surface area contributed by atoms with Gasteiger partial charge in [0, 0.05) is 10.9 Å². The molecule has 0 saturated heterocycles. The van der Waals surface area contributed by atoms with Crippen molar-refractivity contribution in [1.29, 1.82) is 0 Å². The molecule has 3 aromatic rings. The van der Waals surface area contributed by atoms with Crippen molar-refractivity contribution in [1.82, 2.24) is 4.98 Å². The van der Waals surface area contributed by atoms with Gasteiger partial charge < -0.3 is 0 Å². The molecule has 1 heterocycles. The summed E-state index contributed by atoms with van der Waals surface area (Å²) < 4.78 is 23.1. The summed E-state index contributed by atoms with van der Waals surface area (Å²) in [5.74, 6) is 0. The highest BCUT2D eigenvalue weighted by molar-refractivity contribution is 7.89. The maximum atomic E-state index is 11.6. The van der Waals surface area contributed by atoms with Gasteiger partial charge in [-0.25, -0.2) is 18.5 Å². The summed E-state index contributed by atoms with van der Waals surface area (Å²) in [6.07, 6.45) is 0. The van der Waals surface area contributed by atoms with Crippen LogP contribution in [0.5, 0.6) is 0 Å². The van der Waals surface area contributed by atoms with Crippen LogP contribution in [0.25, 0.3) is 22.2 Å². The van der Waals surface area contributed by atoms with Crippen LogP contribution in [-0.4, -0.2) is 13.4 Å². The molecule has 3 rings (SSSR count). The van der Waals surface area contributed by atoms with Crippen LogP contribution in [0.15, 0.2) is 65.6 Å². The Morgan fingerprint density at radius 3 is 2.30 bits per heavy atom. The normalized spacial score (nSPS) is 11.7. The van der Waals surface area contributed by atoms with E-state index in [1.807, 2.05) is 30.3 Å². The average Bonchev–Trinajstić information content (AvgIpc) is 2.46. The molecule has 20 heavy (non-hydrogen) atoms. The van der Waals surface area contributed by atoms with Gasteiger partial charge in [-0.2, -0.15) is 0 Å². The second-order valence-corrected chi connectivity index (χ2v) is 5.96. The van der Waals surface area contributed by atoms with Gasteiger partial charge in [-0.1, -0.05) is 36.4 Å². The van der Waals surface area contributed by atoms with Crippen LogP contribution in [-0.2, 0) is 10.0 Å².